The van der Waals surface area contributed by atoms with Crippen molar-refractivity contribution in [1.82, 2.24) is 0 Å². The van der Waals surface area contributed by atoms with Crippen LogP contribution in [0.5, 0.6) is 0 Å². The van der Waals surface area contributed by atoms with Crippen LogP contribution in [0.1, 0.15) is 15.8 Å². The molecule has 0 aliphatic carbocycles. The second-order valence-electron chi connectivity index (χ2n) is 3.08. The van der Waals surface area contributed by atoms with E-state index < -0.39 is 19.5 Å². The second kappa shape index (κ2) is 4.35. The molecule has 1 aromatic rings. The summed E-state index contributed by atoms with van der Waals surface area (Å²) in [5.41, 5.74) is 0.803. The molecular formula is C6H10O5P2S2. The van der Waals surface area contributed by atoms with E-state index >= 15 is 0 Å². The van der Waals surface area contributed by atoms with Crippen LogP contribution < -0.4 is 0 Å². The molecule has 0 fully saturated rings. The molecule has 1 aromatic heterocycles. The van der Waals surface area contributed by atoms with Crippen molar-refractivity contribution in [3.63, 3.8) is 0 Å². The summed E-state index contributed by atoms with van der Waals surface area (Å²) in [6.45, 7) is -2.28. The highest BCUT2D eigenvalue weighted by molar-refractivity contribution is 8.11. The van der Waals surface area contributed by atoms with Gasteiger partial charge in [0.05, 0.1) is 0 Å². The lowest BCUT2D eigenvalue weighted by Crippen LogP contribution is -1.98. The number of aryl methyl sites for hydroxylation is 1. The molecule has 0 saturated heterocycles. The topological polar surface area (TPSA) is 98.0 Å². The van der Waals surface area contributed by atoms with Crippen molar-refractivity contribution in [3.05, 3.63) is 21.9 Å². The first-order valence-corrected chi connectivity index (χ1v) is 9.11. The summed E-state index contributed by atoms with van der Waals surface area (Å²) in [6.07, 6.45) is 0. The fourth-order valence-electron chi connectivity index (χ4n) is 1.12. The SMILES string of the molecule is Cc1csc(C(P(=O)(O)O)P(O)(O)=S)c1. The minimum Gasteiger partial charge on any atom is -0.344 e. The molecule has 0 saturated carbocycles. The maximum atomic E-state index is 11.1. The summed E-state index contributed by atoms with van der Waals surface area (Å²) in [6, 6.07) is 1.50. The standard InChI is InChI=1S/C6H10O5P2S2/c1-4-2-5(15-3-4)6(12(7,8)9)13(10,11)14/h2-3,6H,1H3,(H2,7,8,9)(H2,10,11,14). The molecule has 1 rings (SSSR count). The zero-order chi connectivity index (χ0) is 11.9. The summed E-state index contributed by atoms with van der Waals surface area (Å²) in [7, 11) is -4.65. The molecular weight excluding hydrogens is 278 g/mol. The lowest BCUT2D eigenvalue weighted by Gasteiger charge is -2.20. The Kier molecular flexibility index (Phi) is 3.92. The van der Waals surface area contributed by atoms with Crippen LogP contribution in [0, 0.1) is 6.92 Å². The third-order valence-electron chi connectivity index (χ3n) is 1.64. The van der Waals surface area contributed by atoms with Gasteiger partial charge in [0.15, 0.2) is 5.40 Å². The molecule has 0 aliphatic heterocycles. The lowest BCUT2D eigenvalue weighted by molar-refractivity contribution is 0.363. The van der Waals surface area contributed by atoms with Gasteiger partial charge in [-0.2, -0.15) is 0 Å². The Morgan fingerprint density at radius 2 is 1.93 bits per heavy atom. The van der Waals surface area contributed by atoms with Gasteiger partial charge < -0.3 is 19.6 Å². The monoisotopic (exact) mass is 288 g/mol. The van der Waals surface area contributed by atoms with Crippen molar-refractivity contribution < 1.29 is 24.1 Å². The Balaban J connectivity index is 3.26. The lowest BCUT2D eigenvalue weighted by atomic mass is 10.3. The Hall–Kier alpha value is 0.420. The predicted molar refractivity (Wildman–Crippen MR) is 62.6 cm³/mol. The zero-order valence-electron chi connectivity index (χ0n) is 7.64. The van der Waals surface area contributed by atoms with Gasteiger partial charge in [-0.25, -0.2) is 0 Å². The van der Waals surface area contributed by atoms with E-state index in [4.69, 9.17) is 9.79 Å². The second-order valence-corrected chi connectivity index (χ2v) is 9.43. The maximum absolute atomic E-state index is 11.1. The molecule has 1 atom stereocenters. The van der Waals surface area contributed by atoms with E-state index in [2.05, 4.69) is 11.8 Å². The Bertz CT molecular complexity index is 422. The highest BCUT2D eigenvalue weighted by Crippen LogP contribution is 2.70. The van der Waals surface area contributed by atoms with Gasteiger partial charge in [0.25, 0.3) is 0 Å². The molecule has 9 heteroatoms. The molecule has 86 valence electrons. The summed E-state index contributed by atoms with van der Waals surface area (Å²) in [4.78, 5) is 36.8. The summed E-state index contributed by atoms with van der Waals surface area (Å²) in [5.74, 6) is 0. The largest absolute Gasteiger partial charge is 0.344 e. The van der Waals surface area contributed by atoms with Crippen LogP contribution in [-0.4, -0.2) is 19.6 Å². The Labute approximate surface area is 95.7 Å². The van der Waals surface area contributed by atoms with Crippen molar-refractivity contribution in [2.75, 3.05) is 0 Å². The van der Waals surface area contributed by atoms with Crippen molar-refractivity contribution in [3.8, 4) is 0 Å². The molecule has 0 aromatic carbocycles. The number of hydrogen-bond donors (Lipinski definition) is 4. The molecule has 0 spiro atoms. The fourth-order valence-corrected chi connectivity index (χ4v) is 7.13. The molecule has 1 heterocycles. The van der Waals surface area contributed by atoms with Crippen LogP contribution in [0.3, 0.4) is 0 Å². The summed E-state index contributed by atoms with van der Waals surface area (Å²) < 4.78 is 11.1. The van der Waals surface area contributed by atoms with Crippen LogP contribution in [0.2, 0.25) is 0 Å². The van der Waals surface area contributed by atoms with Gasteiger partial charge in [-0.3, -0.25) is 4.57 Å². The van der Waals surface area contributed by atoms with E-state index in [1.54, 1.807) is 12.3 Å². The molecule has 0 radical (unpaired) electrons. The molecule has 1 unspecified atom stereocenters. The van der Waals surface area contributed by atoms with E-state index in [-0.39, 0.29) is 4.88 Å². The van der Waals surface area contributed by atoms with E-state index in [1.807, 2.05) is 0 Å². The molecule has 0 aliphatic rings. The third-order valence-corrected chi connectivity index (χ3v) is 7.91. The maximum Gasteiger partial charge on any atom is 0.343 e. The van der Waals surface area contributed by atoms with Gasteiger partial charge in [0.1, 0.15) is 0 Å². The first-order valence-electron chi connectivity index (χ1n) is 3.78. The van der Waals surface area contributed by atoms with E-state index in [1.165, 1.54) is 6.07 Å². The van der Waals surface area contributed by atoms with E-state index in [0.29, 0.717) is 0 Å². The van der Waals surface area contributed by atoms with Gasteiger partial charge in [-0.1, -0.05) is 0 Å². The van der Waals surface area contributed by atoms with Gasteiger partial charge in [-0.05, 0) is 35.7 Å². The van der Waals surface area contributed by atoms with Crippen molar-refractivity contribution in [2.24, 2.45) is 0 Å². The van der Waals surface area contributed by atoms with Crippen LogP contribution in [-0.2, 0) is 16.4 Å². The Morgan fingerprint density at radius 3 is 2.20 bits per heavy atom. The van der Waals surface area contributed by atoms with Gasteiger partial charge in [0, 0.05) is 4.88 Å². The highest BCUT2D eigenvalue weighted by atomic mass is 32.5. The Morgan fingerprint density at radius 1 is 1.40 bits per heavy atom. The molecule has 4 N–H and O–H groups in total. The van der Waals surface area contributed by atoms with Crippen molar-refractivity contribution >= 4 is 37.2 Å². The van der Waals surface area contributed by atoms with E-state index in [0.717, 1.165) is 16.9 Å². The van der Waals surface area contributed by atoms with Gasteiger partial charge in [0.2, 0.25) is 6.49 Å². The van der Waals surface area contributed by atoms with Gasteiger partial charge >= 0.3 is 7.60 Å². The smallest absolute Gasteiger partial charge is 0.343 e. The first-order chi connectivity index (χ1) is 6.62. The molecule has 5 nitrogen and oxygen atoms in total. The van der Waals surface area contributed by atoms with Crippen molar-refractivity contribution in [2.45, 2.75) is 12.3 Å². The van der Waals surface area contributed by atoms with Crippen molar-refractivity contribution in [1.29, 1.82) is 0 Å². The third kappa shape index (κ3) is 3.44. The zero-order valence-corrected chi connectivity index (χ0v) is 11.1. The van der Waals surface area contributed by atoms with Crippen LogP contribution in [0.4, 0.5) is 0 Å². The van der Waals surface area contributed by atoms with Crippen LogP contribution >= 0.6 is 25.4 Å². The quantitative estimate of drug-likeness (QED) is 0.630. The first kappa shape index (κ1) is 13.5. The minimum atomic E-state index is -4.65. The number of rotatable bonds is 3. The average molecular weight is 288 g/mol. The predicted octanol–water partition coefficient (Wildman–Crippen LogP) is 1.53. The normalized spacial score (nSPS) is 15.3. The highest BCUT2D eigenvalue weighted by Gasteiger charge is 2.41. The molecule has 15 heavy (non-hydrogen) atoms. The molecule has 0 bridgehead atoms. The minimum absolute atomic E-state index is 0.217. The van der Waals surface area contributed by atoms with Crippen LogP contribution in [0.15, 0.2) is 11.4 Å². The molecule has 0 amide bonds. The summed E-state index contributed by atoms with van der Waals surface area (Å²) >= 11 is 5.44. The average Bonchev–Trinajstić information content (AvgIpc) is 2.28. The fraction of sp³-hybridized carbons (Fsp3) is 0.333. The van der Waals surface area contributed by atoms with Gasteiger partial charge in [-0.15, -0.1) is 11.3 Å². The summed E-state index contributed by atoms with van der Waals surface area (Å²) in [5, 5.41) is 0.00176. The number of hydrogen-bond acceptors (Lipinski definition) is 3. The van der Waals surface area contributed by atoms with E-state index in [9.17, 15) is 14.4 Å². The van der Waals surface area contributed by atoms with Crippen LogP contribution in [0.25, 0.3) is 0 Å². The number of thiophene rings is 1.